The third-order valence-corrected chi connectivity index (χ3v) is 6.02. The second-order valence-electron chi connectivity index (χ2n) is 8.93. The van der Waals surface area contributed by atoms with Gasteiger partial charge in [0.15, 0.2) is 0 Å². The van der Waals surface area contributed by atoms with E-state index in [1.54, 1.807) is 18.2 Å². The zero-order valence-corrected chi connectivity index (χ0v) is 23.0. The average Bonchev–Trinajstić information content (AvgIpc) is 3.29. The number of primary amides is 1. The van der Waals surface area contributed by atoms with Crippen LogP contribution in [0.5, 0.6) is 5.88 Å². The first-order valence-corrected chi connectivity index (χ1v) is 12.6. The third kappa shape index (κ3) is 7.79. The highest BCUT2D eigenvalue weighted by atomic mass is 16.5. The molecule has 3 rings (SSSR count). The van der Waals surface area contributed by atoms with Crippen LogP contribution in [0, 0.1) is 11.3 Å². The Balaban J connectivity index is 1.93. The molecular weight excluding hydrogens is 488 g/mol. The number of aryl methyl sites for hydroxylation is 1. The topological polar surface area (TPSA) is 119 Å². The van der Waals surface area contributed by atoms with E-state index in [2.05, 4.69) is 33.5 Å². The lowest BCUT2D eigenvalue weighted by molar-refractivity contribution is -0.117. The standard InChI is InChI=1S/C31H34N6O2/c1-6-10-25(24(7-2)11-8-9-12-28(33)38)19-21(3)22(4)39-30-29-27(17-18-37(29)5)35-31(36-30)34-26-15-13-23(20-32)14-16-26/h6-10,13-19H,11-12H2,1-5H3,(H2,33,38)(H,34,35,36)/b9-8-,10-6+,22-21+,24-7+,25-19+. The second-order valence-corrected chi connectivity index (χ2v) is 8.93. The molecular formula is C31H34N6O2. The van der Waals surface area contributed by atoms with Crippen LogP contribution in [0.15, 0.2) is 95.5 Å². The van der Waals surface area contributed by atoms with Crippen LogP contribution in [0.3, 0.4) is 0 Å². The normalized spacial score (nSPS) is 13.1. The third-order valence-electron chi connectivity index (χ3n) is 6.02. The zero-order chi connectivity index (χ0) is 28.4. The van der Waals surface area contributed by atoms with Gasteiger partial charge in [0.2, 0.25) is 17.7 Å². The van der Waals surface area contributed by atoms with Crippen LogP contribution in [0.25, 0.3) is 11.0 Å². The van der Waals surface area contributed by atoms with Crippen LogP contribution in [-0.4, -0.2) is 20.4 Å². The van der Waals surface area contributed by atoms with Crippen molar-refractivity contribution in [2.24, 2.45) is 12.8 Å². The van der Waals surface area contributed by atoms with Crippen molar-refractivity contribution in [2.45, 2.75) is 40.5 Å². The summed E-state index contributed by atoms with van der Waals surface area (Å²) in [6.45, 7) is 7.87. The number of hydrogen-bond acceptors (Lipinski definition) is 6. The Morgan fingerprint density at radius 2 is 1.85 bits per heavy atom. The van der Waals surface area contributed by atoms with Crippen LogP contribution < -0.4 is 15.8 Å². The van der Waals surface area contributed by atoms with E-state index in [0.717, 1.165) is 33.4 Å². The van der Waals surface area contributed by atoms with Crippen molar-refractivity contribution < 1.29 is 9.53 Å². The predicted molar refractivity (Wildman–Crippen MR) is 156 cm³/mol. The van der Waals surface area contributed by atoms with Gasteiger partial charge in [0.25, 0.3) is 0 Å². The summed E-state index contributed by atoms with van der Waals surface area (Å²) in [5.41, 5.74) is 11.2. The van der Waals surface area contributed by atoms with E-state index in [1.165, 1.54) is 0 Å². The molecule has 0 radical (unpaired) electrons. The Morgan fingerprint density at radius 1 is 1.13 bits per heavy atom. The number of fused-ring (bicyclic) bond motifs is 1. The molecule has 2 aromatic heterocycles. The molecule has 0 fully saturated rings. The van der Waals surface area contributed by atoms with E-state index in [-0.39, 0.29) is 12.3 Å². The summed E-state index contributed by atoms with van der Waals surface area (Å²) in [5, 5.41) is 12.3. The maximum atomic E-state index is 11.0. The van der Waals surface area contributed by atoms with Gasteiger partial charge in [0.1, 0.15) is 11.3 Å². The van der Waals surface area contributed by atoms with Gasteiger partial charge in [0.05, 0.1) is 17.1 Å². The van der Waals surface area contributed by atoms with Crippen molar-refractivity contribution in [1.82, 2.24) is 14.5 Å². The van der Waals surface area contributed by atoms with Crippen LogP contribution in [0.1, 0.15) is 46.1 Å². The van der Waals surface area contributed by atoms with Gasteiger partial charge in [0, 0.05) is 25.4 Å². The highest BCUT2D eigenvalue weighted by molar-refractivity contribution is 5.82. The predicted octanol–water partition coefficient (Wildman–Crippen LogP) is 6.53. The molecule has 0 aliphatic carbocycles. The molecule has 0 atom stereocenters. The number of nitriles is 1. The summed E-state index contributed by atoms with van der Waals surface area (Å²) in [7, 11) is 1.92. The number of nitrogens with one attached hydrogen (secondary N) is 1. The van der Waals surface area contributed by atoms with Crippen molar-refractivity contribution in [3.05, 3.63) is 101 Å². The summed E-state index contributed by atoms with van der Waals surface area (Å²) in [6.07, 6.45) is 14.7. The summed E-state index contributed by atoms with van der Waals surface area (Å²) < 4.78 is 8.26. The molecule has 0 unspecified atom stereocenters. The first kappa shape index (κ1) is 28.7. The van der Waals surface area contributed by atoms with Gasteiger partial charge in [-0.1, -0.05) is 30.4 Å². The fraction of sp³-hybridized carbons (Fsp3) is 0.226. The number of hydrogen-bond donors (Lipinski definition) is 2. The number of rotatable bonds is 11. The van der Waals surface area contributed by atoms with Gasteiger partial charge in [-0.25, -0.2) is 4.98 Å². The lowest BCUT2D eigenvalue weighted by Gasteiger charge is -2.13. The molecule has 2 heterocycles. The van der Waals surface area contributed by atoms with Crippen molar-refractivity contribution >= 4 is 28.6 Å². The molecule has 39 heavy (non-hydrogen) atoms. The summed E-state index contributed by atoms with van der Waals surface area (Å²) in [5.74, 6) is 1.17. The van der Waals surface area contributed by atoms with Crippen molar-refractivity contribution in [1.29, 1.82) is 5.26 Å². The molecule has 0 aliphatic heterocycles. The largest absolute Gasteiger partial charge is 0.442 e. The minimum Gasteiger partial charge on any atom is -0.442 e. The maximum absolute atomic E-state index is 11.0. The number of aromatic nitrogens is 3. The molecule has 0 bridgehead atoms. The number of amides is 1. The molecule has 3 aromatic rings. The lowest BCUT2D eigenvalue weighted by Crippen LogP contribution is -2.07. The SMILES string of the molecule is C/C=C/C(=C\C(C)=C(/C)Oc1nc(Nc2ccc(C#N)cc2)nc2ccn(C)c12)C(=C/C)/C/C=C\CC(N)=O. The van der Waals surface area contributed by atoms with Crippen molar-refractivity contribution in [2.75, 3.05) is 5.32 Å². The summed E-state index contributed by atoms with van der Waals surface area (Å²) in [4.78, 5) is 20.3. The number of allylic oxidation sites excluding steroid dienone is 9. The van der Waals surface area contributed by atoms with Crippen LogP contribution >= 0.6 is 0 Å². The van der Waals surface area contributed by atoms with Gasteiger partial charge < -0.3 is 20.4 Å². The van der Waals surface area contributed by atoms with Crippen molar-refractivity contribution in [3.8, 4) is 11.9 Å². The lowest BCUT2D eigenvalue weighted by atomic mass is 9.99. The fourth-order valence-electron chi connectivity index (χ4n) is 3.84. The van der Waals surface area contributed by atoms with E-state index >= 15 is 0 Å². The minimum atomic E-state index is -0.351. The van der Waals surface area contributed by atoms with E-state index < -0.39 is 0 Å². The van der Waals surface area contributed by atoms with E-state index in [1.807, 2.05) is 81.9 Å². The molecule has 0 aliphatic rings. The Hall–Kier alpha value is -4.90. The fourth-order valence-corrected chi connectivity index (χ4v) is 3.84. The quantitative estimate of drug-likeness (QED) is 0.168. The van der Waals surface area contributed by atoms with Crippen molar-refractivity contribution in [3.63, 3.8) is 0 Å². The van der Waals surface area contributed by atoms with E-state index in [9.17, 15) is 4.79 Å². The van der Waals surface area contributed by atoms with Gasteiger partial charge in [-0.15, -0.1) is 0 Å². The van der Waals surface area contributed by atoms with Gasteiger partial charge in [-0.05, 0) is 87.2 Å². The molecule has 0 saturated carbocycles. The summed E-state index contributed by atoms with van der Waals surface area (Å²) in [6, 6.07) is 11.1. The smallest absolute Gasteiger partial charge is 0.248 e. The molecule has 0 saturated heterocycles. The Kier molecular flexibility index (Phi) is 9.99. The Morgan fingerprint density at radius 3 is 2.49 bits per heavy atom. The van der Waals surface area contributed by atoms with Crippen LogP contribution in [0.2, 0.25) is 0 Å². The number of ether oxygens (including phenoxy) is 1. The molecule has 200 valence electrons. The number of carbonyl (C=O) groups is 1. The first-order valence-electron chi connectivity index (χ1n) is 12.6. The number of nitrogens with zero attached hydrogens (tertiary/aromatic N) is 4. The molecule has 8 nitrogen and oxygen atoms in total. The zero-order valence-electron chi connectivity index (χ0n) is 23.0. The highest BCUT2D eigenvalue weighted by Crippen LogP contribution is 2.29. The minimum absolute atomic E-state index is 0.222. The maximum Gasteiger partial charge on any atom is 0.248 e. The Bertz CT molecular complexity index is 1530. The van der Waals surface area contributed by atoms with Gasteiger partial charge >= 0.3 is 0 Å². The monoisotopic (exact) mass is 522 g/mol. The number of carbonyl (C=O) groups excluding carboxylic acids is 1. The highest BCUT2D eigenvalue weighted by Gasteiger charge is 2.14. The number of anilines is 2. The Labute approximate surface area is 229 Å². The van der Waals surface area contributed by atoms with Crippen LogP contribution in [-0.2, 0) is 11.8 Å². The molecule has 0 spiro atoms. The number of nitrogens with two attached hydrogens (primary N) is 1. The van der Waals surface area contributed by atoms with E-state index in [4.69, 9.17) is 15.7 Å². The van der Waals surface area contributed by atoms with Gasteiger partial charge in [-0.3, -0.25) is 4.79 Å². The number of benzene rings is 1. The second kappa shape index (κ2) is 13.6. The van der Waals surface area contributed by atoms with E-state index in [0.29, 0.717) is 29.6 Å². The molecule has 3 N–H and O–H groups in total. The van der Waals surface area contributed by atoms with Gasteiger partial charge in [-0.2, -0.15) is 10.2 Å². The van der Waals surface area contributed by atoms with Crippen LogP contribution in [0.4, 0.5) is 11.6 Å². The molecule has 1 amide bonds. The molecule has 1 aromatic carbocycles. The average molecular weight is 523 g/mol. The first-order chi connectivity index (χ1) is 18.7. The molecule has 8 heteroatoms. The summed E-state index contributed by atoms with van der Waals surface area (Å²) >= 11 is 0.